The van der Waals surface area contributed by atoms with E-state index in [9.17, 15) is 4.79 Å². The Bertz CT molecular complexity index is 607. The summed E-state index contributed by atoms with van der Waals surface area (Å²) >= 11 is 0. The number of hydrogen-bond acceptors (Lipinski definition) is 4. The highest BCUT2D eigenvalue weighted by molar-refractivity contribution is 5.93. The number of fused-ring (bicyclic) bond motifs is 1. The van der Waals surface area contributed by atoms with Crippen LogP contribution in [0.3, 0.4) is 0 Å². The van der Waals surface area contributed by atoms with E-state index in [1.165, 1.54) is 0 Å². The van der Waals surface area contributed by atoms with Crippen LogP contribution < -0.4 is 5.32 Å². The second-order valence-electron chi connectivity index (χ2n) is 5.32. The molecule has 0 aromatic carbocycles. The van der Waals surface area contributed by atoms with Crippen molar-refractivity contribution >= 4 is 5.91 Å². The number of nitrogens with one attached hydrogen (secondary N) is 1. The van der Waals surface area contributed by atoms with E-state index in [2.05, 4.69) is 22.4 Å². The van der Waals surface area contributed by atoms with Gasteiger partial charge < -0.3 is 9.84 Å². The molecule has 104 valence electrons. The molecule has 0 spiro atoms. The minimum Gasteiger partial charge on any atom is -0.360 e. The van der Waals surface area contributed by atoms with Crippen molar-refractivity contribution in [2.45, 2.75) is 32.7 Å². The summed E-state index contributed by atoms with van der Waals surface area (Å²) < 4.78 is 5.29. The fourth-order valence-corrected chi connectivity index (χ4v) is 2.53. The topological polar surface area (TPSA) is 68.0 Å². The van der Waals surface area contributed by atoms with Gasteiger partial charge >= 0.3 is 0 Å². The minimum atomic E-state index is -0.173. The number of aryl methyl sites for hydroxylation is 1. The Labute approximate surface area is 117 Å². The van der Waals surface area contributed by atoms with E-state index in [0.29, 0.717) is 18.2 Å². The lowest BCUT2D eigenvalue weighted by Crippen LogP contribution is -2.25. The molecule has 0 fully saturated rings. The number of nitrogens with zero attached hydrogens (tertiary/aromatic N) is 2. The molecule has 5 nitrogen and oxygen atoms in total. The number of aromatic nitrogens is 2. The second-order valence-corrected chi connectivity index (χ2v) is 5.32. The van der Waals surface area contributed by atoms with Gasteiger partial charge in [-0.1, -0.05) is 18.1 Å². The molecule has 0 saturated carbocycles. The van der Waals surface area contributed by atoms with Crippen LogP contribution in [0.25, 0.3) is 0 Å². The molecule has 1 atom stereocenters. The molecular weight excluding hydrogens is 254 g/mol. The molecule has 2 aromatic rings. The average molecular weight is 271 g/mol. The van der Waals surface area contributed by atoms with Crippen molar-refractivity contribution in [2.24, 2.45) is 5.92 Å². The van der Waals surface area contributed by atoms with Gasteiger partial charge in [0.05, 0.1) is 0 Å². The van der Waals surface area contributed by atoms with Gasteiger partial charge in [0.1, 0.15) is 5.76 Å². The number of carbonyl (C=O) groups excluding carboxylic acids is 1. The molecule has 1 N–H and O–H groups in total. The van der Waals surface area contributed by atoms with E-state index in [1.54, 1.807) is 12.4 Å². The molecule has 0 bridgehead atoms. The van der Waals surface area contributed by atoms with Gasteiger partial charge in [0, 0.05) is 30.9 Å². The Morgan fingerprint density at radius 2 is 2.45 bits per heavy atom. The molecule has 0 saturated heterocycles. The quantitative estimate of drug-likeness (QED) is 0.928. The average Bonchev–Trinajstić information content (AvgIpc) is 2.89. The summed E-state index contributed by atoms with van der Waals surface area (Å²) in [6.45, 7) is 2.64. The zero-order valence-electron chi connectivity index (χ0n) is 11.4. The lowest BCUT2D eigenvalue weighted by atomic mass is 9.88. The second kappa shape index (κ2) is 5.45. The molecule has 2 aromatic heterocycles. The van der Waals surface area contributed by atoms with Gasteiger partial charge in [0.15, 0.2) is 5.69 Å². The van der Waals surface area contributed by atoms with Crippen molar-refractivity contribution in [1.82, 2.24) is 15.5 Å². The first kappa shape index (κ1) is 12.8. The van der Waals surface area contributed by atoms with Gasteiger partial charge in [0.25, 0.3) is 5.91 Å². The summed E-state index contributed by atoms with van der Waals surface area (Å²) in [6.07, 6.45) is 6.29. The van der Waals surface area contributed by atoms with Crippen LogP contribution in [-0.2, 0) is 19.4 Å². The number of amides is 1. The highest BCUT2D eigenvalue weighted by atomic mass is 16.5. The van der Waals surface area contributed by atoms with E-state index in [-0.39, 0.29) is 5.91 Å². The van der Waals surface area contributed by atoms with Gasteiger partial charge in [-0.15, -0.1) is 0 Å². The van der Waals surface area contributed by atoms with Crippen LogP contribution in [0.4, 0.5) is 0 Å². The molecule has 0 radical (unpaired) electrons. The number of hydrogen-bond donors (Lipinski definition) is 1. The third-order valence-electron chi connectivity index (χ3n) is 3.68. The highest BCUT2D eigenvalue weighted by Crippen LogP contribution is 2.27. The predicted octanol–water partition coefficient (Wildman–Crippen LogP) is 2.12. The van der Waals surface area contributed by atoms with Crippen LogP contribution in [0.5, 0.6) is 0 Å². The standard InChI is InChI=1S/C15H17N3O2/c1-10-4-5-13-12(7-10)14(18-20-13)15(19)17-9-11-3-2-6-16-8-11/h2-3,6,8,10H,4-5,7,9H2,1H3,(H,17,19). The van der Waals surface area contributed by atoms with Crippen LogP contribution in [0.15, 0.2) is 29.0 Å². The molecule has 5 heteroatoms. The van der Waals surface area contributed by atoms with Crippen molar-refractivity contribution in [3.63, 3.8) is 0 Å². The monoisotopic (exact) mass is 271 g/mol. The van der Waals surface area contributed by atoms with Crippen LogP contribution in [-0.4, -0.2) is 16.0 Å². The first-order valence-corrected chi connectivity index (χ1v) is 6.88. The summed E-state index contributed by atoms with van der Waals surface area (Å²) in [6, 6.07) is 3.77. The molecule has 3 rings (SSSR count). The van der Waals surface area contributed by atoms with Gasteiger partial charge in [-0.25, -0.2) is 0 Å². The molecule has 1 amide bonds. The smallest absolute Gasteiger partial charge is 0.274 e. The van der Waals surface area contributed by atoms with Gasteiger partial charge in [0.2, 0.25) is 0 Å². The van der Waals surface area contributed by atoms with E-state index in [4.69, 9.17) is 4.52 Å². The Morgan fingerprint density at radius 3 is 3.25 bits per heavy atom. The van der Waals surface area contributed by atoms with E-state index < -0.39 is 0 Å². The fourth-order valence-electron chi connectivity index (χ4n) is 2.53. The summed E-state index contributed by atoms with van der Waals surface area (Å²) in [5, 5.41) is 6.81. The van der Waals surface area contributed by atoms with Crippen molar-refractivity contribution in [2.75, 3.05) is 0 Å². The number of carbonyl (C=O) groups is 1. The van der Waals surface area contributed by atoms with Crippen LogP contribution >= 0.6 is 0 Å². The SMILES string of the molecule is CC1CCc2onc(C(=O)NCc3cccnc3)c2C1. The number of rotatable bonds is 3. The fraction of sp³-hybridized carbons (Fsp3) is 0.400. The van der Waals surface area contributed by atoms with Crippen molar-refractivity contribution in [3.05, 3.63) is 47.1 Å². The van der Waals surface area contributed by atoms with Crippen molar-refractivity contribution in [1.29, 1.82) is 0 Å². The van der Waals surface area contributed by atoms with Crippen LogP contribution in [0.2, 0.25) is 0 Å². The number of pyridine rings is 1. The van der Waals surface area contributed by atoms with Crippen molar-refractivity contribution in [3.8, 4) is 0 Å². The van der Waals surface area contributed by atoms with E-state index in [0.717, 1.165) is 36.1 Å². The Morgan fingerprint density at radius 1 is 1.55 bits per heavy atom. The van der Waals surface area contributed by atoms with E-state index >= 15 is 0 Å². The Kier molecular flexibility index (Phi) is 3.50. The zero-order valence-corrected chi connectivity index (χ0v) is 11.4. The molecule has 2 heterocycles. The Hall–Kier alpha value is -2.17. The third-order valence-corrected chi connectivity index (χ3v) is 3.68. The largest absolute Gasteiger partial charge is 0.360 e. The van der Waals surface area contributed by atoms with Gasteiger partial charge in [-0.3, -0.25) is 9.78 Å². The molecule has 20 heavy (non-hydrogen) atoms. The summed E-state index contributed by atoms with van der Waals surface area (Å²) in [7, 11) is 0. The first-order chi connectivity index (χ1) is 9.74. The lowest BCUT2D eigenvalue weighted by Gasteiger charge is -2.16. The lowest BCUT2D eigenvalue weighted by molar-refractivity contribution is 0.0941. The first-order valence-electron chi connectivity index (χ1n) is 6.88. The summed E-state index contributed by atoms with van der Waals surface area (Å²) in [5.41, 5.74) is 2.38. The maximum absolute atomic E-state index is 12.2. The molecule has 1 aliphatic carbocycles. The van der Waals surface area contributed by atoms with Gasteiger partial charge in [-0.2, -0.15) is 0 Å². The predicted molar refractivity (Wildman–Crippen MR) is 73.1 cm³/mol. The van der Waals surface area contributed by atoms with Crippen molar-refractivity contribution < 1.29 is 9.32 Å². The molecule has 1 aliphatic rings. The van der Waals surface area contributed by atoms with Crippen LogP contribution in [0, 0.1) is 5.92 Å². The highest BCUT2D eigenvalue weighted by Gasteiger charge is 2.26. The summed E-state index contributed by atoms with van der Waals surface area (Å²) in [4.78, 5) is 16.2. The molecule has 1 unspecified atom stereocenters. The maximum Gasteiger partial charge on any atom is 0.274 e. The maximum atomic E-state index is 12.2. The molecule has 0 aliphatic heterocycles. The Balaban J connectivity index is 1.70. The minimum absolute atomic E-state index is 0.173. The zero-order chi connectivity index (χ0) is 13.9. The van der Waals surface area contributed by atoms with Gasteiger partial charge in [-0.05, 0) is 30.4 Å². The third kappa shape index (κ3) is 2.57. The van der Waals surface area contributed by atoms with E-state index in [1.807, 2.05) is 12.1 Å². The summed E-state index contributed by atoms with van der Waals surface area (Å²) in [5.74, 6) is 1.27. The van der Waals surface area contributed by atoms with Crippen LogP contribution in [0.1, 0.15) is 40.7 Å². The normalized spacial score (nSPS) is 17.6. The molecular formula is C15H17N3O2.